The number of aliphatic imine (C=N–C) groups is 1. The molecule has 0 saturated heterocycles. The van der Waals surface area contributed by atoms with Crippen molar-refractivity contribution in [2.75, 3.05) is 5.32 Å². The quantitative estimate of drug-likeness (QED) is 0.846. The summed E-state index contributed by atoms with van der Waals surface area (Å²) in [6.07, 6.45) is -1.77. The van der Waals surface area contributed by atoms with Gasteiger partial charge in [0.1, 0.15) is 0 Å². The lowest BCUT2D eigenvalue weighted by Crippen LogP contribution is -2.24. The summed E-state index contributed by atoms with van der Waals surface area (Å²) in [5.41, 5.74) is 0.393. The Labute approximate surface area is 136 Å². The van der Waals surface area contributed by atoms with Crippen LogP contribution in [0.4, 0.5) is 5.69 Å². The molecule has 0 saturated carbocycles. The number of fused-ring (bicyclic) bond motifs is 1. The highest BCUT2D eigenvalue weighted by Crippen LogP contribution is 2.29. The van der Waals surface area contributed by atoms with Crippen LogP contribution >= 0.6 is 23.2 Å². The molecular formula is C15H10Cl2N2O2. The lowest BCUT2D eigenvalue weighted by Gasteiger charge is -2.11. The van der Waals surface area contributed by atoms with Gasteiger partial charge in [0.25, 0.3) is 5.91 Å². The molecule has 2 aromatic carbocycles. The van der Waals surface area contributed by atoms with Gasteiger partial charge in [-0.05, 0) is 24.2 Å². The average molecular weight is 325 g/mol. The third-order valence-electron chi connectivity index (χ3n) is 2.86. The van der Waals surface area contributed by atoms with Crippen molar-refractivity contribution in [2.24, 2.45) is 4.99 Å². The summed E-state index contributed by atoms with van der Waals surface area (Å²) in [7, 11) is 0. The van der Waals surface area contributed by atoms with Gasteiger partial charge in [-0.3, -0.25) is 4.79 Å². The minimum atomic E-state index is -1.77. The zero-order chi connectivity index (χ0) is 18.5. The molecular weight excluding hydrogens is 311 g/mol. The second-order valence-corrected chi connectivity index (χ2v) is 5.03. The van der Waals surface area contributed by atoms with Gasteiger partial charge in [0, 0.05) is 21.2 Å². The van der Waals surface area contributed by atoms with Crippen molar-refractivity contribution in [1.29, 1.82) is 0 Å². The van der Waals surface area contributed by atoms with E-state index < -0.39 is 36.3 Å². The van der Waals surface area contributed by atoms with Crippen molar-refractivity contribution in [3.63, 3.8) is 0 Å². The lowest BCUT2D eigenvalue weighted by molar-refractivity contribution is -0.123. The number of benzene rings is 2. The van der Waals surface area contributed by atoms with Gasteiger partial charge in [0.15, 0.2) is 0 Å². The van der Waals surface area contributed by atoms with Gasteiger partial charge in [-0.2, -0.15) is 0 Å². The zero-order valence-electron chi connectivity index (χ0n) is 14.4. The Morgan fingerprint density at radius 3 is 2.81 bits per heavy atom. The van der Waals surface area contributed by atoms with E-state index in [-0.39, 0.29) is 27.5 Å². The summed E-state index contributed by atoms with van der Waals surface area (Å²) in [6.45, 7) is 0. The number of amides is 1. The molecule has 1 heterocycles. The number of rotatable bonds is 1. The summed E-state index contributed by atoms with van der Waals surface area (Å²) >= 11 is 12.1. The molecule has 6 heteroatoms. The standard InChI is InChI=1S/C15H10Cl2N2O2/c16-8-5-6-12-10(7-8)13(19-15(21)14(20)18-12)9-3-1-2-4-11(9)17/h1-7,15,21H,(H,18,20)/i1D,2D,3D,4D. The van der Waals surface area contributed by atoms with Crippen LogP contribution in [0.2, 0.25) is 10.0 Å². The number of aliphatic hydroxyl groups excluding tert-OH is 1. The molecule has 1 unspecified atom stereocenters. The van der Waals surface area contributed by atoms with E-state index in [1.54, 1.807) is 0 Å². The number of carbonyl (C=O) groups excluding carboxylic acids is 1. The van der Waals surface area contributed by atoms with Gasteiger partial charge < -0.3 is 10.4 Å². The molecule has 1 aliphatic rings. The van der Waals surface area contributed by atoms with Crippen molar-refractivity contribution >= 4 is 40.5 Å². The molecule has 0 radical (unpaired) electrons. The van der Waals surface area contributed by atoms with Crippen LogP contribution in [-0.2, 0) is 4.79 Å². The molecule has 1 aliphatic heterocycles. The van der Waals surface area contributed by atoms with Crippen LogP contribution in [0.1, 0.15) is 16.6 Å². The fourth-order valence-electron chi connectivity index (χ4n) is 1.93. The number of benzodiazepines with no additional fused rings is 1. The van der Waals surface area contributed by atoms with Crippen LogP contribution in [0.5, 0.6) is 0 Å². The van der Waals surface area contributed by atoms with Crippen molar-refractivity contribution < 1.29 is 15.4 Å². The van der Waals surface area contributed by atoms with E-state index in [2.05, 4.69) is 10.3 Å². The smallest absolute Gasteiger partial charge is 0.276 e. The molecule has 2 N–H and O–H groups in total. The fraction of sp³-hybridized carbons (Fsp3) is 0.0667. The van der Waals surface area contributed by atoms with E-state index in [1.165, 1.54) is 18.2 Å². The van der Waals surface area contributed by atoms with Crippen LogP contribution in [0, 0.1) is 0 Å². The van der Waals surface area contributed by atoms with Crippen LogP contribution in [0.15, 0.2) is 47.4 Å². The summed E-state index contributed by atoms with van der Waals surface area (Å²) in [5.74, 6) is -0.782. The maximum absolute atomic E-state index is 11.9. The number of carbonyl (C=O) groups is 1. The Morgan fingerprint density at radius 2 is 2.00 bits per heavy atom. The van der Waals surface area contributed by atoms with E-state index >= 15 is 0 Å². The van der Waals surface area contributed by atoms with Gasteiger partial charge in [-0.15, -0.1) is 0 Å². The Bertz CT molecular complexity index is 921. The molecule has 4 nitrogen and oxygen atoms in total. The Kier molecular flexibility index (Phi) is 2.60. The van der Waals surface area contributed by atoms with Crippen molar-refractivity contribution in [2.45, 2.75) is 6.23 Å². The molecule has 106 valence electrons. The molecule has 0 spiro atoms. The van der Waals surface area contributed by atoms with Gasteiger partial charge in [0.05, 0.1) is 16.9 Å². The minimum absolute atomic E-state index is 0.0552. The topological polar surface area (TPSA) is 61.7 Å². The lowest BCUT2D eigenvalue weighted by atomic mass is 10.0. The highest BCUT2D eigenvalue weighted by Gasteiger charge is 2.25. The number of halogens is 2. The summed E-state index contributed by atoms with van der Waals surface area (Å²) in [6, 6.07) is 2.62. The second-order valence-electron chi connectivity index (χ2n) is 4.22. The number of aliphatic hydroxyl groups is 1. The molecule has 1 atom stereocenters. The highest BCUT2D eigenvalue weighted by atomic mass is 35.5. The zero-order valence-corrected chi connectivity index (χ0v) is 11.9. The first-order valence-electron chi connectivity index (χ1n) is 7.85. The van der Waals surface area contributed by atoms with Crippen LogP contribution in [0.3, 0.4) is 0 Å². The largest absolute Gasteiger partial charge is 0.364 e. The maximum atomic E-state index is 11.9. The summed E-state index contributed by atoms with van der Waals surface area (Å²) in [5, 5.41) is 12.5. The molecule has 0 aromatic heterocycles. The molecule has 0 fully saturated rings. The first kappa shape index (κ1) is 9.95. The molecule has 2 aromatic rings. The minimum Gasteiger partial charge on any atom is -0.364 e. The van der Waals surface area contributed by atoms with Crippen LogP contribution in [-0.4, -0.2) is 23.0 Å². The molecule has 3 rings (SSSR count). The first-order valence-corrected chi connectivity index (χ1v) is 6.60. The number of nitrogens with zero attached hydrogens (tertiary/aromatic N) is 1. The fourth-order valence-corrected chi connectivity index (χ4v) is 2.28. The summed E-state index contributed by atoms with van der Waals surface area (Å²) in [4.78, 5) is 15.8. The normalized spacial score (nSPS) is 20.2. The van der Waals surface area contributed by atoms with Gasteiger partial charge >= 0.3 is 0 Å². The monoisotopic (exact) mass is 324 g/mol. The van der Waals surface area contributed by atoms with E-state index in [9.17, 15) is 9.90 Å². The number of nitrogens with one attached hydrogen (secondary N) is 1. The Hall–Kier alpha value is -1.88. The predicted octanol–water partition coefficient (Wildman–Crippen LogP) is 3.10. The summed E-state index contributed by atoms with van der Waals surface area (Å²) < 4.78 is 31.5. The maximum Gasteiger partial charge on any atom is 0.276 e. The van der Waals surface area contributed by atoms with Crippen LogP contribution in [0.25, 0.3) is 0 Å². The van der Waals surface area contributed by atoms with Crippen molar-refractivity contribution in [3.8, 4) is 0 Å². The van der Waals surface area contributed by atoms with Crippen molar-refractivity contribution in [3.05, 3.63) is 63.5 Å². The molecule has 1 amide bonds. The average Bonchev–Trinajstić information content (AvgIpc) is 2.69. The van der Waals surface area contributed by atoms with E-state index in [0.717, 1.165) is 0 Å². The highest BCUT2D eigenvalue weighted by molar-refractivity contribution is 6.36. The molecule has 21 heavy (non-hydrogen) atoms. The Morgan fingerprint density at radius 1 is 1.24 bits per heavy atom. The molecule has 0 aliphatic carbocycles. The van der Waals surface area contributed by atoms with Crippen LogP contribution < -0.4 is 5.32 Å². The third-order valence-corrected chi connectivity index (χ3v) is 3.38. The third kappa shape index (κ3) is 2.65. The van der Waals surface area contributed by atoms with E-state index in [4.69, 9.17) is 28.7 Å². The second kappa shape index (κ2) is 5.48. The van der Waals surface area contributed by atoms with E-state index in [1.807, 2.05) is 0 Å². The number of hydrogen-bond donors (Lipinski definition) is 2. The Balaban J connectivity index is 2.39. The number of anilines is 1. The van der Waals surface area contributed by atoms with Gasteiger partial charge in [-0.25, -0.2) is 4.99 Å². The van der Waals surface area contributed by atoms with Gasteiger partial charge in [0.2, 0.25) is 6.23 Å². The molecule has 0 bridgehead atoms. The number of hydrogen-bond acceptors (Lipinski definition) is 3. The SMILES string of the molecule is [2H]c1c([2H])c([2H])c(C2=NC(O)C(=O)Nc3ccc(Cl)cc32)c(Cl)c1[2H]. The van der Waals surface area contributed by atoms with Crippen molar-refractivity contribution in [1.82, 2.24) is 0 Å². The predicted molar refractivity (Wildman–Crippen MR) is 83.2 cm³/mol. The first-order chi connectivity index (χ1) is 11.7. The van der Waals surface area contributed by atoms with E-state index in [0.29, 0.717) is 5.02 Å². The van der Waals surface area contributed by atoms with Gasteiger partial charge in [-0.1, -0.05) is 41.3 Å².